The Morgan fingerprint density at radius 1 is 1.18 bits per heavy atom. The number of ether oxygens (including phenoxy) is 1. The van der Waals surface area contributed by atoms with Crippen molar-refractivity contribution in [1.82, 2.24) is 8.96 Å². The molecule has 0 saturated heterocycles. The third kappa shape index (κ3) is 4.24. The number of nitrogens with one attached hydrogen (secondary N) is 1. The van der Waals surface area contributed by atoms with Crippen LogP contribution >= 0.6 is 0 Å². The van der Waals surface area contributed by atoms with Crippen molar-refractivity contribution in [3.63, 3.8) is 0 Å². The lowest BCUT2D eigenvalue weighted by molar-refractivity contribution is -0.136. The van der Waals surface area contributed by atoms with Crippen molar-refractivity contribution < 1.29 is 27.4 Å². The van der Waals surface area contributed by atoms with Gasteiger partial charge in [-0.05, 0) is 55.0 Å². The van der Waals surface area contributed by atoms with E-state index in [0.717, 1.165) is 16.1 Å². The minimum absolute atomic E-state index is 0.0927. The number of carboxylic acids is 1. The first-order valence-corrected chi connectivity index (χ1v) is 11.3. The number of aliphatic carboxylic acids is 1. The van der Waals surface area contributed by atoms with Crippen LogP contribution in [0.25, 0.3) is 10.9 Å². The van der Waals surface area contributed by atoms with Crippen molar-refractivity contribution in [2.24, 2.45) is 0 Å². The van der Waals surface area contributed by atoms with Gasteiger partial charge in [-0.1, -0.05) is 6.07 Å². The Morgan fingerprint density at radius 2 is 1.97 bits per heavy atom. The minimum Gasteiger partial charge on any atom is -0.497 e. The topological polar surface area (TPSA) is 111 Å². The van der Waals surface area contributed by atoms with Crippen LogP contribution < -0.4 is 10.1 Å². The van der Waals surface area contributed by atoms with Crippen LogP contribution in [0.4, 0.5) is 15.9 Å². The van der Waals surface area contributed by atoms with Crippen LogP contribution in [0, 0.1) is 12.7 Å². The maximum Gasteiger partial charge on any atom is 0.307 e. The van der Waals surface area contributed by atoms with Crippen LogP contribution in [0.1, 0.15) is 11.3 Å². The minimum atomic E-state index is -4.13. The number of hydrogen-bond acceptors (Lipinski definition) is 6. The second-order valence-corrected chi connectivity index (χ2v) is 9.09. The number of hydrogen-bond donors (Lipinski definition) is 2. The summed E-state index contributed by atoms with van der Waals surface area (Å²) in [5.41, 5.74) is 1.36. The maximum absolute atomic E-state index is 13.9. The Bertz CT molecular complexity index is 1460. The highest BCUT2D eigenvalue weighted by Crippen LogP contribution is 2.31. The zero-order valence-corrected chi connectivity index (χ0v) is 18.6. The quantitative estimate of drug-likeness (QED) is 0.419. The van der Waals surface area contributed by atoms with E-state index in [1.54, 1.807) is 25.3 Å². The van der Waals surface area contributed by atoms with Crippen molar-refractivity contribution in [2.45, 2.75) is 18.2 Å². The molecule has 10 heteroatoms. The largest absolute Gasteiger partial charge is 0.497 e. The Kier molecular flexibility index (Phi) is 5.77. The molecule has 0 bridgehead atoms. The molecule has 0 radical (unpaired) electrons. The first kappa shape index (κ1) is 22.3. The van der Waals surface area contributed by atoms with Crippen LogP contribution in [-0.2, 0) is 21.2 Å². The average molecular weight is 469 g/mol. The highest BCUT2D eigenvalue weighted by Gasteiger charge is 2.26. The number of aromatic nitrogens is 2. The molecule has 0 saturated carbocycles. The number of halogens is 1. The van der Waals surface area contributed by atoms with Crippen LogP contribution in [-0.4, -0.2) is 35.6 Å². The third-order valence-electron chi connectivity index (χ3n) is 5.19. The molecular formula is C23H20FN3O5S. The molecule has 0 fully saturated rings. The van der Waals surface area contributed by atoms with Crippen LogP contribution in [0.15, 0.2) is 65.7 Å². The van der Waals surface area contributed by atoms with E-state index < -0.39 is 28.2 Å². The summed E-state index contributed by atoms with van der Waals surface area (Å²) in [6, 6.07) is 13.7. The van der Waals surface area contributed by atoms with Gasteiger partial charge in [-0.2, -0.15) is 0 Å². The van der Waals surface area contributed by atoms with Gasteiger partial charge in [0, 0.05) is 29.0 Å². The molecule has 0 aliphatic heterocycles. The number of benzene rings is 2. The number of methoxy groups -OCH3 is 1. The fraction of sp³-hybridized carbons (Fsp3) is 0.130. The molecular weight excluding hydrogens is 449 g/mol. The van der Waals surface area contributed by atoms with Crippen molar-refractivity contribution in [1.29, 1.82) is 0 Å². The van der Waals surface area contributed by atoms with E-state index in [1.807, 2.05) is 6.07 Å². The number of fused-ring (bicyclic) bond motifs is 1. The van der Waals surface area contributed by atoms with Gasteiger partial charge < -0.3 is 15.2 Å². The van der Waals surface area contributed by atoms with Crippen LogP contribution in [0.5, 0.6) is 5.75 Å². The van der Waals surface area contributed by atoms with Gasteiger partial charge in [0.05, 0.1) is 19.0 Å². The van der Waals surface area contributed by atoms with E-state index in [0.29, 0.717) is 17.3 Å². The SMILES string of the molecule is COc1cccc(Nc2ccc(S(=O)(=O)n3c(C)c(CC(=O)O)c4cc(F)ccc43)cn2)c1. The molecule has 33 heavy (non-hydrogen) atoms. The second kappa shape index (κ2) is 8.55. The predicted molar refractivity (Wildman–Crippen MR) is 121 cm³/mol. The summed E-state index contributed by atoms with van der Waals surface area (Å²) in [5, 5.41) is 12.6. The van der Waals surface area contributed by atoms with E-state index in [1.165, 1.54) is 31.3 Å². The molecule has 0 spiro atoms. The molecule has 2 heterocycles. The summed E-state index contributed by atoms with van der Waals surface area (Å²) in [6.07, 6.45) is 0.777. The molecule has 8 nitrogen and oxygen atoms in total. The summed E-state index contributed by atoms with van der Waals surface area (Å²) in [6.45, 7) is 1.50. The van der Waals surface area contributed by atoms with Gasteiger partial charge in [-0.25, -0.2) is 21.8 Å². The molecule has 2 aromatic heterocycles. The molecule has 0 atom stereocenters. The standard InChI is InChI=1S/C23H20FN3O5S/c1-14-19(12-23(28)29)20-10-15(24)6-8-21(20)27(14)33(30,31)18-7-9-22(25-13-18)26-16-4-3-5-17(11-16)32-2/h3-11,13H,12H2,1-2H3,(H,25,26)(H,28,29). The van der Waals surface area contributed by atoms with Gasteiger partial charge in [-0.3, -0.25) is 4.79 Å². The third-order valence-corrected chi connectivity index (χ3v) is 6.98. The highest BCUT2D eigenvalue weighted by atomic mass is 32.2. The first-order valence-electron chi connectivity index (χ1n) is 9.84. The molecule has 0 aliphatic carbocycles. The van der Waals surface area contributed by atoms with E-state index in [4.69, 9.17) is 4.74 Å². The van der Waals surface area contributed by atoms with Gasteiger partial charge in [0.15, 0.2) is 0 Å². The molecule has 0 unspecified atom stereocenters. The number of carboxylic acid groups (broad SMARTS) is 1. The number of rotatable bonds is 7. The zero-order valence-electron chi connectivity index (χ0n) is 17.7. The average Bonchev–Trinajstić information content (AvgIpc) is 3.05. The Balaban J connectivity index is 1.74. The predicted octanol–water partition coefficient (Wildman–Crippen LogP) is 4.10. The number of pyridine rings is 1. The highest BCUT2D eigenvalue weighted by molar-refractivity contribution is 7.90. The van der Waals surface area contributed by atoms with Crippen molar-refractivity contribution in [2.75, 3.05) is 12.4 Å². The van der Waals surface area contributed by atoms with Gasteiger partial charge in [0.2, 0.25) is 0 Å². The second-order valence-electron chi connectivity index (χ2n) is 7.30. The van der Waals surface area contributed by atoms with E-state index >= 15 is 0 Å². The molecule has 2 N–H and O–H groups in total. The molecule has 170 valence electrons. The van der Waals surface area contributed by atoms with Crippen LogP contribution in [0.2, 0.25) is 0 Å². The van der Waals surface area contributed by atoms with Crippen molar-refractivity contribution in [3.05, 3.63) is 77.9 Å². The van der Waals surface area contributed by atoms with E-state index in [9.17, 15) is 22.7 Å². The molecule has 2 aromatic carbocycles. The monoisotopic (exact) mass is 469 g/mol. The van der Waals surface area contributed by atoms with E-state index in [2.05, 4.69) is 10.3 Å². The normalized spacial score (nSPS) is 11.5. The summed E-state index contributed by atoms with van der Waals surface area (Å²) < 4.78 is 47.0. The van der Waals surface area contributed by atoms with Crippen LogP contribution in [0.3, 0.4) is 0 Å². The first-order chi connectivity index (χ1) is 15.7. The summed E-state index contributed by atoms with van der Waals surface area (Å²) in [4.78, 5) is 15.4. The molecule has 0 amide bonds. The molecule has 4 rings (SSSR count). The Labute approximate surface area is 189 Å². The summed E-state index contributed by atoms with van der Waals surface area (Å²) in [7, 11) is -2.58. The molecule has 0 aliphatic rings. The van der Waals surface area contributed by atoms with E-state index in [-0.39, 0.29) is 27.1 Å². The number of carbonyl (C=O) groups is 1. The van der Waals surface area contributed by atoms with Gasteiger partial charge in [-0.15, -0.1) is 0 Å². The smallest absolute Gasteiger partial charge is 0.307 e. The van der Waals surface area contributed by atoms with Crippen molar-refractivity contribution in [3.8, 4) is 5.75 Å². The molecule has 4 aromatic rings. The number of nitrogens with zero attached hydrogens (tertiary/aromatic N) is 2. The lowest BCUT2D eigenvalue weighted by atomic mass is 10.1. The zero-order chi connectivity index (χ0) is 23.8. The lowest BCUT2D eigenvalue weighted by Crippen LogP contribution is -2.15. The van der Waals surface area contributed by atoms with Gasteiger partial charge in [0.25, 0.3) is 10.0 Å². The van der Waals surface area contributed by atoms with Gasteiger partial charge in [0.1, 0.15) is 22.3 Å². The number of anilines is 2. The lowest BCUT2D eigenvalue weighted by Gasteiger charge is -2.11. The Morgan fingerprint density at radius 3 is 2.64 bits per heavy atom. The fourth-order valence-electron chi connectivity index (χ4n) is 3.67. The van der Waals surface area contributed by atoms with Gasteiger partial charge >= 0.3 is 5.97 Å². The fourth-order valence-corrected chi connectivity index (χ4v) is 5.20. The Hall–Kier alpha value is -3.92. The van der Waals surface area contributed by atoms with Crippen molar-refractivity contribution >= 4 is 38.4 Å². The summed E-state index contributed by atoms with van der Waals surface area (Å²) in [5.74, 6) is -0.653. The maximum atomic E-state index is 13.9. The summed E-state index contributed by atoms with van der Waals surface area (Å²) >= 11 is 0.